The second kappa shape index (κ2) is 12.1. The van der Waals surface area contributed by atoms with Gasteiger partial charge in [-0.25, -0.2) is 0 Å². The molecule has 0 bridgehead atoms. The van der Waals surface area contributed by atoms with Gasteiger partial charge in [0.15, 0.2) is 5.96 Å². The van der Waals surface area contributed by atoms with E-state index >= 15 is 0 Å². The number of benzene rings is 1. The van der Waals surface area contributed by atoms with Crippen molar-refractivity contribution in [2.45, 2.75) is 64.8 Å². The lowest BCUT2D eigenvalue weighted by Gasteiger charge is -2.30. The van der Waals surface area contributed by atoms with Gasteiger partial charge in [-0.15, -0.1) is 0 Å². The van der Waals surface area contributed by atoms with Gasteiger partial charge in [0.05, 0.1) is 0 Å². The first-order chi connectivity index (χ1) is 15.2. The zero-order valence-electron chi connectivity index (χ0n) is 19.4. The van der Waals surface area contributed by atoms with Gasteiger partial charge in [-0.3, -0.25) is 9.79 Å². The molecule has 2 N–H and O–H groups in total. The fraction of sp³-hybridized carbons (Fsp3) is 0.680. The van der Waals surface area contributed by atoms with Crippen LogP contribution in [0.2, 0.25) is 0 Å². The highest BCUT2D eigenvalue weighted by Gasteiger charge is 2.33. The molecule has 0 unspecified atom stereocenters. The Morgan fingerprint density at radius 1 is 1.06 bits per heavy atom. The second-order valence-corrected chi connectivity index (χ2v) is 8.98. The van der Waals surface area contributed by atoms with Gasteiger partial charge in [0.1, 0.15) is 0 Å². The maximum atomic E-state index is 12.6. The van der Waals surface area contributed by atoms with Crippen molar-refractivity contribution in [3.8, 4) is 0 Å². The molecule has 6 nitrogen and oxygen atoms in total. The first-order valence-corrected chi connectivity index (χ1v) is 12.1. The SMILES string of the molecule is CCOCCC1(CNC(=NC)NCc2ccc(C(=O)N3CCCCC3)cc2)CCCC1. The minimum absolute atomic E-state index is 0.158. The molecule has 1 aliphatic heterocycles. The van der Waals surface area contributed by atoms with Crippen molar-refractivity contribution in [2.75, 3.05) is 39.9 Å². The number of rotatable bonds is 9. The Labute approximate surface area is 187 Å². The predicted molar refractivity (Wildman–Crippen MR) is 126 cm³/mol. The van der Waals surface area contributed by atoms with E-state index in [0.717, 1.165) is 69.2 Å². The number of carbonyl (C=O) groups excluding carboxylic acids is 1. The van der Waals surface area contributed by atoms with E-state index in [1.54, 1.807) is 0 Å². The van der Waals surface area contributed by atoms with Crippen LogP contribution in [0.1, 0.15) is 74.2 Å². The molecule has 0 atom stereocenters. The summed E-state index contributed by atoms with van der Waals surface area (Å²) in [4.78, 5) is 19.0. The molecule has 1 aromatic carbocycles. The number of nitrogens with one attached hydrogen (secondary N) is 2. The number of aliphatic imine (C=N–C) groups is 1. The minimum atomic E-state index is 0.158. The van der Waals surface area contributed by atoms with Crippen LogP contribution >= 0.6 is 0 Å². The molecule has 1 saturated heterocycles. The number of guanidine groups is 1. The predicted octanol–water partition coefficient (Wildman–Crippen LogP) is 3.96. The summed E-state index contributed by atoms with van der Waals surface area (Å²) in [5.41, 5.74) is 2.25. The molecule has 2 fully saturated rings. The van der Waals surface area contributed by atoms with Gasteiger partial charge in [-0.05, 0) is 68.6 Å². The number of amides is 1. The van der Waals surface area contributed by atoms with Crippen LogP contribution in [-0.2, 0) is 11.3 Å². The number of likely N-dealkylation sites (tertiary alicyclic amines) is 1. The topological polar surface area (TPSA) is 66.0 Å². The highest BCUT2D eigenvalue weighted by atomic mass is 16.5. The third kappa shape index (κ3) is 6.96. The molecule has 1 amide bonds. The number of ether oxygens (including phenoxy) is 1. The lowest BCUT2D eigenvalue weighted by molar-refractivity contribution is 0.0724. The number of hydrogen-bond acceptors (Lipinski definition) is 3. The first kappa shape index (κ1) is 23.6. The second-order valence-electron chi connectivity index (χ2n) is 8.98. The Morgan fingerprint density at radius 2 is 1.77 bits per heavy atom. The van der Waals surface area contributed by atoms with Crippen LogP contribution < -0.4 is 10.6 Å². The van der Waals surface area contributed by atoms with Crippen LogP contribution in [0.25, 0.3) is 0 Å². The lowest BCUT2D eigenvalue weighted by atomic mass is 9.83. The van der Waals surface area contributed by atoms with Crippen molar-refractivity contribution < 1.29 is 9.53 Å². The van der Waals surface area contributed by atoms with E-state index in [0.29, 0.717) is 12.0 Å². The van der Waals surface area contributed by atoms with Gasteiger partial charge in [0.2, 0.25) is 0 Å². The average Bonchev–Trinajstić information content (AvgIpc) is 3.29. The zero-order valence-corrected chi connectivity index (χ0v) is 19.4. The van der Waals surface area contributed by atoms with Gasteiger partial charge < -0.3 is 20.3 Å². The van der Waals surface area contributed by atoms with E-state index in [2.05, 4.69) is 22.5 Å². The fourth-order valence-electron chi connectivity index (χ4n) is 4.80. The Hall–Kier alpha value is -2.08. The van der Waals surface area contributed by atoms with E-state index in [-0.39, 0.29) is 5.91 Å². The highest BCUT2D eigenvalue weighted by Crippen LogP contribution is 2.40. The van der Waals surface area contributed by atoms with Crippen molar-refractivity contribution in [3.63, 3.8) is 0 Å². The number of hydrogen-bond donors (Lipinski definition) is 2. The van der Waals surface area contributed by atoms with E-state index in [1.807, 2.05) is 36.2 Å². The van der Waals surface area contributed by atoms with Crippen molar-refractivity contribution in [1.29, 1.82) is 0 Å². The van der Waals surface area contributed by atoms with Gasteiger partial charge in [-0.2, -0.15) is 0 Å². The van der Waals surface area contributed by atoms with Crippen molar-refractivity contribution in [2.24, 2.45) is 10.4 Å². The zero-order chi connectivity index (χ0) is 21.9. The molecule has 2 aliphatic rings. The molecule has 0 radical (unpaired) electrons. The van der Waals surface area contributed by atoms with Crippen molar-refractivity contribution >= 4 is 11.9 Å². The van der Waals surface area contributed by atoms with E-state index < -0.39 is 0 Å². The summed E-state index contributed by atoms with van der Waals surface area (Å²) in [6.45, 7) is 7.07. The number of carbonyl (C=O) groups is 1. The summed E-state index contributed by atoms with van der Waals surface area (Å²) in [6.07, 6.45) is 9.71. The van der Waals surface area contributed by atoms with Crippen LogP contribution in [0.5, 0.6) is 0 Å². The molecular formula is C25H40N4O2. The molecule has 1 aliphatic carbocycles. The molecule has 31 heavy (non-hydrogen) atoms. The Morgan fingerprint density at radius 3 is 2.42 bits per heavy atom. The van der Waals surface area contributed by atoms with Crippen LogP contribution in [0.4, 0.5) is 0 Å². The molecule has 6 heteroatoms. The summed E-state index contributed by atoms with van der Waals surface area (Å²) in [5.74, 6) is 0.988. The molecule has 1 saturated carbocycles. The van der Waals surface area contributed by atoms with E-state index in [1.165, 1.54) is 32.1 Å². The summed E-state index contributed by atoms with van der Waals surface area (Å²) in [6, 6.07) is 7.98. The highest BCUT2D eigenvalue weighted by molar-refractivity contribution is 5.94. The molecular weight excluding hydrogens is 388 g/mol. The quantitative estimate of drug-likeness (QED) is 0.355. The minimum Gasteiger partial charge on any atom is -0.382 e. The van der Waals surface area contributed by atoms with Gasteiger partial charge >= 0.3 is 0 Å². The summed E-state index contributed by atoms with van der Waals surface area (Å²) >= 11 is 0. The van der Waals surface area contributed by atoms with Gasteiger partial charge in [0, 0.05) is 52.0 Å². The van der Waals surface area contributed by atoms with E-state index in [4.69, 9.17) is 4.74 Å². The first-order valence-electron chi connectivity index (χ1n) is 12.1. The van der Waals surface area contributed by atoms with Crippen LogP contribution in [0.15, 0.2) is 29.3 Å². The standard InChI is InChI=1S/C25H40N4O2/c1-3-31-18-15-25(13-5-6-14-25)20-28-24(26-2)27-19-21-9-11-22(12-10-21)23(30)29-16-7-4-8-17-29/h9-12H,3-8,13-20H2,1-2H3,(H2,26,27,28). The molecule has 1 aromatic rings. The van der Waals surface area contributed by atoms with Crippen molar-refractivity contribution in [1.82, 2.24) is 15.5 Å². The van der Waals surface area contributed by atoms with Crippen LogP contribution in [-0.4, -0.2) is 56.7 Å². The van der Waals surface area contributed by atoms with Crippen LogP contribution in [0, 0.1) is 5.41 Å². The summed E-state index contributed by atoms with van der Waals surface area (Å²) in [5, 5.41) is 6.96. The smallest absolute Gasteiger partial charge is 0.253 e. The van der Waals surface area contributed by atoms with E-state index in [9.17, 15) is 4.79 Å². The van der Waals surface area contributed by atoms with Gasteiger partial charge in [-0.1, -0.05) is 25.0 Å². The maximum absolute atomic E-state index is 12.6. The third-order valence-corrected chi connectivity index (χ3v) is 6.80. The molecule has 3 rings (SSSR count). The van der Waals surface area contributed by atoms with Crippen molar-refractivity contribution in [3.05, 3.63) is 35.4 Å². The summed E-state index contributed by atoms with van der Waals surface area (Å²) < 4.78 is 5.62. The normalized spacial score (nSPS) is 18.8. The average molecular weight is 429 g/mol. The van der Waals surface area contributed by atoms with Crippen LogP contribution in [0.3, 0.4) is 0 Å². The molecule has 1 heterocycles. The Balaban J connectivity index is 1.47. The van der Waals surface area contributed by atoms with Gasteiger partial charge in [0.25, 0.3) is 5.91 Å². The number of nitrogens with zero attached hydrogens (tertiary/aromatic N) is 2. The molecule has 0 spiro atoms. The maximum Gasteiger partial charge on any atom is 0.253 e. The molecule has 0 aromatic heterocycles. The fourth-order valence-corrected chi connectivity index (χ4v) is 4.80. The molecule has 172 valence electrons. The number of piperidine rings is 1. The monoisotopic (exact) mass is 428 g/mol. The largest absolute Gasteiger partial charge is 0.382 e. The summed E-state index contributed by atoms with van der Waals surface area (Å²) in [7, 11) is 1.82. The third-order valence-electron chi connectivity index (χ3n) is 6.80. The Bertz CT molecular complexity index is 705. The lowest BCUT2D eigenvalue weighted by Crippen LogP contribution is -2.43. The Kier molecular flexibility index (Phi) is 9.19.